The van der Waals surface area contributed by atoms with Crippen LogP contribution in [0.25, 0.3) is 0 Å². The Kier molecular flexibility index (Phi) is 5.00. The highest BCUT2D eigenvalue weighted by Crippen LogP contribution is 2.37. The van der Waals surface area contributed by atoms with Gasteiger partial charge in [0.05, 0.1) is 11.8 Å². The summed E-state index contributed by atoms with van der Waals surface area (Å²) in [6.45, 7) is 6.68. The Hall–Kier alpha value is -2.75. The fraction of sp³-hybridized carbons (Fsp3) is 0.389. The number of halogens is 1. The van der Waals surface area contributed by atoms with E-state index in [4.69, 9.17) is 5.73 Å². The molecule has 1 saturated heterocycles. The Morgan fingerprint density at radius 2 is 2.11 bits per heavy atom. The lowest BCUT2D eigenvalue weighted by Crippen LogP contribution is -2.41. The Labute approximate surface area is 163 Å². The molecule has 0 aliphatic carbocycles. The third kappa shape index (κ3) is 3.91. The lowest BCUT2D eigenvalue weighted by Gasteiger charge is -2.33. The lowest BCUT2D eigenvalue weighted by molar-refractivity contribution is 0.0981. The molecule has 10 heteroatoms. The number of nitrogens with two attached hydrogens (primary N) is 1. The summed E-state index contributed by atoms with van der Waals surface area (Å²) in [4.78, 5) is 22.5. The molecule has 1 amide bonds. The van der Waals surface area contributed by atoms with Crippen LogP contribution >= 0.6 is 0 Å². The highest BCUT2D eigenvalue weighted by Gasteiger charge is 2.39. The summed E-state index contributed by atoms with van der Waals surface area (Å²) in [5.41, 5.74) is 5.04. The molecule has 0 unspecified atom stereocenters. The third-order valence-corrected chi connectivity index (χ3v) is 5.89. The molecule has 3 heterocycles. The Balaban J connectivity index is 1.97. The Morgan fingerprint density at radius 3 is 2.71 bits per heavy atom. The van der Waals surface area contributed by atoms with Crippen molar-refractivity contribution in [3.05, 3.63) is 41.8 Å². The second-order valence-electron chi connectivity index (χ2n) is 7.59. The molecule has 0 radical (unpaired) electrons. The number of carbonyl (C=O) groups excluding carboxylic acids is 1. The van der Waals surface area contributed by atoms with Gasteiger partial charge >= 0.3 is 0 Å². The minimum atomic E-state index is -4.28. The molecule has 28 heavy (non-hydrogen) atoms. The van der Waals surface area contributed by atoms with Gasteiger partial charge in [0.1, 0.15) is 17.5 Å². The van der Waals surface area contributed by atoms with Crippen LogP contribution in [0.4, 0.5) is 16.0 Å². The Bertz CT molecular complexity index is 1030. The van der Waals surface area contributed by atoms with Gasteiger partial charge in [-0.05, 0) is 44.4 Å². The van der Waals surface area contributed by atoms with Crippen LogP contribution in [0, 0.1) is 11.7 Å². The van der Waals surface area contributed by atoms with Crippen molar-refractivity contribution in [1.29, 1.82) is 0 Å². The van der Waals surface area contributed by atoms with Gasteiger partial charge in [-0.25, -0.2) is 19.1 Å². The maximum absolute atomic E-state index is 13.8. The molecule has 2 aromatic heterocycles. The summed E-state index contributed by atoms with van der Waals surface area (Å²) < 4.78 is 40.7. The predicted octanol–water partition coefficient (Wildman–Crippen LogP) is 1.94. The fourth-order valence-corrected chi connectivity index (χ4v) is 4.53. The zero-order chi connectivity index (χ0) is 20.7. The van der Waals surface area contributed by atoms with E-state index in [1.807, 2.05) is 23.5 Å². The molecule has 0 aromatic carbocycles. The molecule has 1 atom stereocenters. The van der Waals surface area contributed by atoms with Gasteiger partial charge in [-0.2, -0.15) is 8.42 Å². The highest BCUT2D eigenvalue weighted by atomic mass is 32.2. The molecule has 1 aliphatic rings. The molecule has 0 spiro atoms. The van der Waals surface area contributed by atoms with Crippen LogP contribution in [0.1, 0.15) is 37.6 Å². The van der Waals surface area contributed by atoms with E-state index in [1.54, 1.807) is 0 Å². The normalized spacial score (nSPS) is 18.9. The van der Waals surface area contributed by atoms with Crippen LogP contribution in [-0.4, -0.2) is 36.4 Å². The maximum Gasteiger partial charge on any atom is 0.281 e. The molecule has 0 saturated carbocycles. The van der Waals surface area contributed by atoms with E-state index in [0.29, 0.717) is 12.5 Å². The molecular weight excluding hydrogens is 385 g/mol. The van der Waals surface area contributed by atoms with Crippen molar-refractivity contribution in [3.8, 4) is 0 Å². The average Bonchev–Trinajstić information content (AvgIpc) is 2.86. The number of anilines is 2. The third-order valence-electron chi connectivity index (χ3n) is 4.65. The number of pyridine rings is 2. The molecule has 2 aromatic rings. The molecular formula is C18H22FN5O3S. The van der Waals surface area contributed by atoms with E-state index in [0.717, 1.165) is 18.7 Å². The number of rotatable bonds is 4. The van der Waals surface area contributed by atoms with Crippen LogP contribution in [-0.2, 0) is 10.0 Å². The molecule has 3 rings (SSSR count). The topological polar surface area (TPSA) is 118 Å². The summed E-state index contributed by atoms with van der Waals surface area (Å²) in [7, 11) is -4.28. The molecule has 8 nitrogen and oxygen atoms in total. The van der Waals surface area contributed by atoms with E-state index in [2.05, 4.69) is 16.9 Å². The largest absolute Gasteiger partial charge is 0.384 e. The number of nitrogens with one attached hydrogen (secondary N) is 1. The van der Waals surface area contributed by atoms with Gasteiger partial charge in [0, 0.05) is 12.1 Å². The van der Waals surface area contributed by atoms with Crippen LogP contribution in [0.5, 0.6) is 0 Å². The second-order valence-corrected chi connectivity index (χ2v) is 9.22. The first-order valence-corrected chi connectivity index (χ1v) is 10.2. The fourth-order valence-electron chi connectivity index (χ4n) is 3.58. The minimum absolute atomic E-state index is 0.00348. The number of nitrogen functional groups attached to an aromatic ring is 1. The summed E-state index contributed by atoms with van der Waals surface area (Å²) in [6.07, 6.45) is 1.87. The number of hydrogen-bond donors (Lipinski definition) is 2. The van der Waals surface area contributed by atoms with Gasteiger partial charge in [-0.1, -0.05) is 13.0 Å². The van der Waals surface area contributed by atoms with E-state index in [-0.39, 0.29) is 22.7 Å². The number of hydrogen-bond acceptors (Lipinski definition) is 7. The minimum Gasteiger partial charge on any atom is -0.384 e. The zero-order valence-corrected chi connectivity index (χ0v) is 16.6. The van der Waals surface area contributed by atoms with Crippen LogP contribution in [0.2, 0.25) is 0 Å². The summed E-state index contributed by atoms with van der Waals surface area (Å²) in [5.74, 6) is -1.14. The van der Waals surface area contributed by atoms with Gasteiger partial charge in [0.2, 0.25) is 0 Å². The molecule has 1 aliphatic heterocycles. The number of amides is 1. The molecule has 150 valence electrons. The summed E-state index contributed by atoms with van der Waals surface area (Å²) >= 11 is 0. The van der Waals surface area contributed by atoms with Crippen LogP contribution in [0.15, 0.2) is 35.5 Å². The first kappa shape index (κ1) is 20.0. The SMILES string of the molecule is C[C@@H]1CN(c2ncc(F)cc2C(=O)NS(=O)(=O)c2cccc(N)n2)C(C)(C)C1. The van der Waals surface area contributed by atoms with E-state index < -0.39 is 26.8 Å². The van der Waals surface area contributed by atoms with Gasteiger partial charge in [-0.15, -0.1) is 0 Å². The zero-order valence-electron chi connectivity index (χ0n) is 15.8. The second kappa shape index (κ2) is 7.01. The monoisotopic (exact) mass is 407 g/mol. The maximum atomic E-state index is 13.8. The van der Waals surface area contributed by atoms with Gasteiger partial charge in [-0.3, -0.25) is 4.79 Å². The lowest BCUT2D eigenvalue weighted by atomic mass is 9.97. The van der Waals surface area contributed by atoms with E-state index >= 15 is 0 Å². The van der Waals surface area contributed by atoms with Crippen molar-refractivity contribution in [2.45, 2.75) is 37.8 Å². The van der Waals surface area contributed by atoms with Gasteiger partial charge in [0.25, 0.3) is 15.9 Å². The highest BCUT2D eigenvalue weighted by molar-refractivity contribution is 7.90. The van der Waals surface area contributed by atoms with Crippen molar-refractivity contribution in [2.75, 3.05) is 17.2 Å². The van der Waals surface area contributed by atoms with Crippen molar-refractivity contribution in [3.63, 3.8) is 0 Å². The van der Waals surface area contributed by atoms with Crippen molar-refractivity contribution < 1.29 is 17.6 Å². The molecule has 0 bridgehead atoms. The van der Waals surface area contributed by atoms with Crippen LogP contribution < -0.4 is 15.4 Å². The number of sulfonamides is 1. The number of carbonyl (C=O) groups is 1. The van der Waals surface area contributed by atoms with E-state index in [1.165, 1.54) is 18.2 Å². The van der Waals surface area contributed by atoms with Gasteiger partial charge in [0.15, 0.2) is 5.03 Å². The summed E-state index contributed by atoms with van der Waals surface area (Å²) in [5, 5.41) is -0.401. The van der Waals surface area contributed by atoms with E-state index in [9.17, 15) is 17.6 Å². The number of nitrogens with zero attached hydrogens (tertiary/aromatic N) is 3. The first-order chi connectivity index (χ1) is 13.0. The van der Waals surface area contributed by atoms with Crippen molar-refractivity contribution in [2.24, 2.45) is 5.92 Å². The first-order valence-electron chi connectivity index (χ1n) is 8.72. The standard InChI is InChI=1S/C18H22FN5O3S/c1-11-8-18(2,3)24(10-11)16-13(7-12(19)9-21-16)17(25)23-28(26,27)15-6-4-5-14(20)22-15/h4-7,9,11H,8,10H2,1-3H3,(H2,20,22)(H,23,25)/t11-/m0/s1. The van der Waals surface area contributed by atoms with Crippen molar-refractivity contribution >= 4 is 27.6 Å². The smallest absolute Gasteiger partial charge is 0.281 e. The predicted molar refractivity (Wildman–Crippen MR) is 103 cm³/mol. The van der Waals surface area contributed by atoms with Crippen molar-refractivity contribution in [1.82, 2.24) is 14.7 Å². The number of aromatic nitrogens is 2. The molecule has 1 fully saturated rings. The van der Waals surface area contributed by atoms with Crippen LogP contribution in [0.3, 0.4) is 0 Å². The molecule has 3 N–H and O–H groups in total. The quantitative estimate of drug-likeness (QED) is 0.795. The Morgan fingerprint density at radius 1 is 1.39 bits per heavy atom. The summed E-state index contributed by atoms with van der Waals surface area (Å²) in [6, 6.07) is 5.03. The van der Waals surface area contributed by atoms with Gasteiger partial charge < -0.3 is 10.6 Å². The average molecular weight is 407 g/mol.